The van der Waals surface area contributed by atoms with Crippen LogP contribution in [0.2, 0.25) is 0 Å². The molecule has 1 aliphatic carbocycles. The Labute approximate surface area is 114 Å². The Morgan fingerprint density at radius 2 is 1.79 bits per heavy atom. The normalized spacial score (nSPS) is 40.1. The van der Waals surface area contributed by atoms with E-state index in [4.69, 9.17) is 0 Å². The van der Waals surface area contributed by atoms with E-state index in [1.165, 1.54) is 25.7 Å². The van der Waals surface area contributed by atoms with Crippen LogP contribution in [0.15, 0.2) is 0 Å². The third kappa shape index (κ3) is 2.19. The van der Waals surface area contributed by atoms with E-state index in [-0.39, 0.29) is 5.91 Å². The number of amides is 1. The minimum atomic E-state index is -0.525. The number of aliphatic hydroxyl groups is 1. The Hall–Kier alpha value is -0.610. The van der Waals surface area contributed by atoms with Crippen molar-refractivity contribution >= 4 is 5.91 Å². The van der Waals surface area contributed by atoms with E-state index in [1.807, 2.05) is 4.90 Å². The summed E-state index contributed by atoms with van der Waals surface area (Å²) >= 11 is 0. The zero-order chi connectivity index (χ0) is 13.0. The Bertz CT molecular complexity index is 376. The third-order valence-electron chi connectivity index (χ3n) is 5.65. The van der Waals surface area contributed by atoms with Gasteiger partial charge in [-0.25, -0.2) is 0 Å². The van der Waals surface area contributed by atoms with Crippen molar-refractivity contribution in [3.05, 3.63) is 0 Å². The summed E-state index contributed by atoms with van der Waals surface area (Å²) in [7, 11) is 0. The third-order valence-corrected chi connectivity index (χ3v) is 5.65. The predicted octanol–water partition coefficient (Wildman–Crippen LogP) is 0.890. The van der Waals surface area contributed by atoms with Gasteiger partial charge in [-0.3, -0.25) is 4.79 Å². The second-order valence-corrected chi connectivity index (χ2v) is 7.31. The Kier molecular flexibility index (Phi) is 2.68. The van der Waals surface area contributed by atoms with E-state index in [0.717, 1.165) is 12.8 Å². The minimum absolute atomic E-state index is 0.275. The number of piperidine rings is 1. The number of carbonyl (C=O) groups is 1. The molecule has 2 bridgehead atoms. The lowest BCUT2D eigenvalue weighted by Crippen LogP contribution is -2.64. The summed E-state index contributed by atoms with van der Waals surface area (Å²) in [4.78, 5) is 14.1. The van der Waals surface area contributed by atoms with Gasteiger partial charge in [0, 0.05) is 18.5 Å². The highest BCUT2D eigenvalue weighted by Gasteiger charge is 2.53. The summed E-state index contributed by atoms with van der Waals surface area (Å²) in [5.41, 5.74) is -0.525. The molecule has 1 saturated carbocycles. The zero-order valence-electron chi connectivity index (χ0n) is 11.5. The van der Waals surface area contributed by atoms with Gasteiger partial charge in [0.25, 0.3) is 0 Å². The van der Waals surface area contributed by atoms with Crippen LogP contribution in [0.1, 0.15) is 44.9 Å². The Morgan fingerprint density at radius 1 is 1.16 bits per heavy atom. The van der Waals surface area contributed by atoms with Gasteiger partial charge in [0.2, 0.25) is 5.91 Å². The van der Waals surface area contributed by atoms with Gasteiger partial charge in [0.1, 0.15) is 5.60 Å². The fourth-order valence-electron chi connectivity index (χ4n) is 4.39. The summed E-state index contributed by atoms with van der Waals surface area (Å²) in [6.45, 7) is 1.18. The minimum Gasteiger partial charge on any atom is -0.386 e. The van der Waals surface area contributed by atoms with Gasteiger partial charge >= 0.3 is 0 Å². The maximum atomic E-state index is 12.3. The number of β-amino-alcohol motifs (C(OH)–C–C–N with tert-alkyl or cyclic N) is 1. The van der Waals surface area contributed by atoms with Gasteiger partial charge in [-0.05, 0) is 50.4 Å². The molecule has 4 fully saturated rings. The summed E-state index contributed by atoms with van der Waals surface area (Å²) in [6, 6.07) is 1.33. The van der Waals surface area contributed by atoms with Crippen LogP contribution in [0.3, 0.4) is 0 Å². The summed E-state index contributed by atoms with van der Waals surface area (Å²) < 4.78 is 0. The second kappa shape index (κ2) is 4.19. The molecule has 0 aromatic heterocycles. The van der Waals surface area contributed by atoms with E-state index in [9.17, 15) is 9.90 Å². The quantitative estimate of drug-likeness (QED) is 0.796. The van der Waals surface area contributed by atoms with Crippen LogP contribution in [0.4, 0.5) is 0 Å². The molecule has 4 heteroatoms. The molecule has 3 saturated heterocycles. The fourth-order valence-corrected chi connectivity index (χ4v) is 4.39. The van der Waals surface area contributed by atoms with Crippen LogP contribution < -0.4 is 5.32 Å². The summed E-state index contributed by atoms with van der Waals surface area (Å²) in [5, 5.41) is 13.9. The Balaban J connectivity index is 1.28. The van der Waals surface area contributed by atoms with Gasteiger partial charge in [0.15, 0.2) is 0 Å². The number of hydrogen-bond acceptors (Lipinski definition) is 3. The van der Waals surface area contributed by atoms with Crippen LogP contribution in [-0.4, -0.2) is 46.7 Å². The van der Waals surface area contributed by atoms with Crippen molar-refractivity contribution in [1.82, 2.24) is 10.2 Å². The highest BCUT2D eigenvalue weighted by atomic mass is 16.3. The number of carbonyl (C=O) groups excluding carboxylic acids is 1. The molecule has 4 nitrogen and oxygen atoms in total. The van der Waals surface area contributed by atoms with Gasteiger partial charge in [-0.15, -0.1) is 0 Å². The molecule has 0 aromatic rings. The maximum absolute atomic E-state index is 12.3. The maximum Gasteiger partial charge on any atom is 0.223 e. The molecule has 0 aromatic carbocycles. The number of nitrogens with one attached hydrogen (secondary N) is 1. The van der Waals surface area contributed by atoms with Crippen LogP contribution in [0.25, 0.3) is 0 Å². The molecule has 0 radical (unpaired) electrons. The first-order valence-corrected chi connectivity index (χ1v) is 7.88. The molecular weight excluding hydrogens is 240 g/mol. The first-order chi connectivity index (χ1) is 9.12. The topological polar surface area (TPSA) is 52.6 Å². The van der Waals surface area contributed by atoms with Crippen molar-refractivity contribution < 1.29 is 9.90 Å². The van der Waals surface area contributed by atoms with Gasteiger partial charge in [-0.1, -0.05) is 0 Å². The molecule has 19 heavy (non-hydrogen) atoms. The van der Waals surface area contributed by atoms with Crippen molar-refractivity contribution in [3.63, 3.8) is 0 Å². The number of rotatable bonds is 3. The van der Waals surface area contributed by atoms with Crippen molar-refractivity contribution in [2.45, 2.75) is 62.6 Å². The second-order valence-electron chi connectivity index (χ2n) is 7.31. The highest BCUT2D eigenvalue weighted by molar-refractivity contribution is 5.77. The lowest BCUT2D eigenvalue weighted by molar-refractivity contribution is -0.160. The van der Waals surface area contributed by atoms with Crippen molar-refractivity contribution in [3.8, 4) is 0 Å². The summed E-state index contributed by atoms with van der Waals surface area (Å²) in [5.74, 6) is 1.32. The highest BCUT2D eigenvalue weighted by Crippen LogP contribution is 2.45. The summed E-state index contributed by atoms with van der Waals surface area (Å²) in [6.07, 6.45) is 7.93. The monoisotopic (exact) mass is 264 g/mol. The number of nitrogens with zero attached hydrogens (tertiary/aromatic N) is 1. The van der Waals surface area contributed by atoms with Crippen molar-refractivity contribution in [1.29, 1.82) is 0 Å². The van der Waals surface area contributed by atoms with E-state index >= 15 is 0 Å². The molecule has 3 heterocycles. The first-order valence-electron chi connectivity index (χ1n) is 7.88. The first kappa shape index (κ1) is 12.2. The van der Waals surface area contributed by atoms with E-state index < -0.39 is 5.60 Å². The number of hydrogen-bond donors (Lipinski definition) is 2. The van der Waals surface area contributed by atoms with Crippen LogP contribution in [0.5, 0.6) is 0 Å². The zero-order valence-corrected chi connectivity index (χ0v) is 11.5. The lowest BCUT2D eigenvalue weighted by Gasteiger charge is -2.47. The van der Waals surface area contributed by atoms with Gasteiger partial charge in [0.05, 0.1) is 13.1 Å². The fraction of sp³-hybridized carbons (Fsp3) is 0.933. The average molecular weight is 264 g/mol. The standard InChI is InChI=1S/C15H24N2O2/c18-14(17-8-15(19,9-17)11-1-2-11)7-10-5-12-3-4-13(6-10)16-12/h10-13,16,19H,1-9H2. The molecule has 0 spiro atoms. The molecule has 2 unspecified atom stereocenters. The van der Waals surface area contributed by atoms with Crippen molar-refractivity contribution in [2.24, 2.45) is 11.8 Å². The Morgan fingerprint density at radius 3 is 2.37 bits per heavy atom. The van der Waals surface area contributed by atoms with E-state index in [2.05, 4.69) is 5.32 Å². The molecule has 2 atom stereocenters. The van der Waals surface area contributed by atoms with Crippen LogP contribution >= 0.6 is 0 Å². The molecule has 4 rings (SSSR count). The molecule has 106 valence electrons. The number of fused-ring (bicyclic) bond motifs is 2. The average Bonchev–Trinajstić information content (AvgIpc) is 3.12. The SMILES string of the molecule is O=C(CC1CC2CCC(C1)N2)N1CC(O)(C2CC2)C1. The molecule has 2 N–H and O–H groups in total. The van der Waals surface area contributed by atoms with Gasteiger partial charge < -0.3 is 15.3 Å². The smallest absolute Gasteiger partial charge is 0.223 e. The molecule has 3 aliphatic heterocycles. The predicted molar refractivity (Wildman–Crippen MR) is 71.5 cm³/mol. The van der Waals surface area contributed by atoms with Crippen molar-refractivity contribution in [2.75, 3.05) is 13.1 Å². The molecular formula is C15H24N2O2. The van der Waals surface area contributed by atoms with E-state index in [0.29, 0.717) is 43.4 Å². The molecule has 4 aliphatic rings. The van der Waals surface area contributed by atoms with Crippen LogP contribution in [0, 0.1) is 11.8 Å². The number of likely N-dealkylation sites (tertiary alicyclic amines) is 1. The van der Waals surface area contributed by atoms with E-state index in [1.54, 1.807) is 0 Å². The van der Waals surface area contributed by atoms with Crippen LogP contribution in [-0.2, 0) is 4.79 Å². The molecule has 1 amide bonds. The lowest BCUT2D eigenvalue weighted by atomic mass is 9.85. The van der Waals surface area contributed by atoms with Gasteiger partial charge in [-0.2, -0.15) is 0 Å². The largest absolute Gasteiger partial charge is 0.386 e.